The Balaban J connectivity index is 3.25. The number of nitrogens with zero attached hydrogens (tertiary/aromatic N) is 2. The number of nitrogens with two attached hydrogens (primary N) is 1. The van der Waals surface area contributed by atoms with Gasteiger partial charge in [0.25, 0.3) is 0 Å². The SMILES string of the molecule is CCCC(C)N(C)S(=O)(=O)c1ccc(N)cc1C#N. The summed E-state index contributed by atoms with van der Waals surface area (Å²) in [7, 11) is -2.13. The number of benzene rings is 1. The first-order valence-electron chi connectivity index (χ1n) is 6.12. The van der Waals surface area contributed by atoms with Crippen LogP contribution in [0.5, 0.6) is 0 Å². The van der Waals surface area contributed by atoms with Crippen LogP contribution in [0.15, 0.2) is 23.1 Å². The molecule has 0 bridgehead atoms. The van der Waals surface area contributed by atoms with Gasteiger partial charge in [0, 0.05) is 18.8 Å². The van der Waals surface area contributed by atoms with Crippen LogP contribution in [-0.2, 0) is 10.0 Å². The molecule has 0 aliphatic rings. The number of sulfonamides is 1. The van der Waals surface area contributed by atoms with Crippen LogP contribution in [0.3, 0.4) is 0 Å². The van der Waals surface area contributed by atoms with E-state index in [4.69, 9.17) is 11.0 Å². The highest BCUT2D eigenvalue weighted by molar-refractivity contribution is 7.89. The minimum Gasteiger partial charge on any atom is -0.399 e. The van der Waals surface area contributed by atoms with Crippen LogP contribution in [0.1, 0.15) is 32.3 Å². The van der Waals surface area contributed by atoms with E-state index in [1.54, 1.807) is 0 Å². The predicted octanol–water partition coefficient (Wildman–Crippen LogP) is 1.95. The van der Waals surface area contributed by atoms with Crippen LogP contribution < -0.4 is 5.73 Å². The third kappa shape index (κ3) is 3.25. The second-order valence-corrected chi connectivity index (χ2v) is 6.49. The van der Waals surface area contributed by atoms with Gasteiger partial charge in [-0.3, -0.25) is 0 Å². The molecule has 1 atom stereocenters. The summed E-state index contributed by atoms with van der Waals surface area (Å²) >= 11 is 0. The molecule has 0 aliphatic heterocycles. The predicted molar refractivity (Wildman–Crippen MR) is 74.9 cm³/mol. The van der Waals surface area contributed by atoms with Gasteiger partial charge < -0.3 is 5.73 Å². The normalized spacial score (nSPS) is 13.2. The molecule has 0 spiro atoms. The molecule has 0 saturated heterocycles. The maximum Gasteiger partial charge on any atom is 0.244 e. The van der Waals surface area contributed by atoms with Crippen molar-refractivity contribution >= 4 is 15.7 Å². The molecule has 1 rings (SSSR count). The second kappa shape index (κ2) is 6.04. The summed E-state index contributed by atoms with van der Waals surface area (Å²) < 4.78 is 26.3. The minimum atomic E-state index is -3.66. The maximum atomic E-state index is 12.5. The van der Waals surface area contributed by atoms with E-state index in [0.717, 1.165) is 12.8 Å². The van der Waals surface area contributed by atoms with E-state index in [1.807, 2.05) is 19.9 Å². The Labute approximate surface area is 114 Å². The van der Waals surface area contributed by atoms with Crippen molar-refractivity contribution < 1.29 is 8.42 Å². The largest absolute Gasteiger partial charge is 0.399 e. The number of hydrogen-bond acceptors (Lipinski definition) is 4. The Morgan fingerprint density at radius 1 is 1.47 bits per heavy atom. The van der Waals surface area contributed by atoms with Gasteiger partial charge in [0.05, 0.1) is 5.56 Å². The zero-order valence-electron chi connectivity index (χ0n) is 11.4. The molecule has 0 radical (unpaired) electrons. The third-order valence-electron chi connectivity index (χ3n) is 3.11. The zero-order valence-corrected chi connectivity index (χ0v) is 12.2. The fraction of sp³-hybridized carbons (Fsp3) is 0.462. The molecule has 2 N–H and O–H groups in total. The van der Waals surface area contributed by atoms with Gasteiger partial charge in [-0.25, -0.2) is 8.42 Å². The van der Waals surface area contributed by atoms with E-state index in [2.05, 4.69) is 0 Å². The van der Waals surface area contributed by atoms with Gasteiger partial charge >= 0.3 is 0 Å². The van der Waals surface area contributed by atoms with Crippen LogP contribution in [0.4, 0.5) is 5.69 Å². The van der Waals surface area contributed by atoms with E-state index in [-0.39, 0.29) is 16.5 Å². The molecular weight excluding hydrogens is 262 g/mol. The van der Waals surface area contributed by atoms with Crippen molar-refractivity contribution in [2.45, 2.75) is 37.6 Å². The summed E-state index contributed by atoms with van der Waals surface area (Å²) in [4.78, 5) is 0.00894. The number of nitrogen functional groups attached to an aromatic ring is 1. The van der Waals surface area contributed by atoms with Crippen molar-refractivity contribution in [1.29, 1.82) is 5.26 Å². The van der Waals surface area contributed by atoms with Crippen LogP contribution in [0.2, 0.25) is 0 Å². The Kier molecular flexibility index (Phi) is 4.92. The lowest BCUT2D eigenvalue weighted by Gasteiger charge is -2.24. The van der Waals surface area contributed by atoms with Crippen molar-refractivity contribution in [3.8, 4) is 6.07 Å². The Hall–Kier alpha value is -1.58. The third-order valence-corrected chi connectivity index (χ3v) is 5.14. The van der Waals surface area contributed by atoms with Crippen molar-refractivity contribution in [2.24, 2.45) is 0 Å². The topological polar surface area (TPSA) is 87.2 Å². The fourth-order valence-corrected chi connectivity index (χ4v) is 3.36. The smallest absolute Gasteiger partial charge is 0.244 e. The van der Waals surface area contributed by atoms with E-state index >= 15 is 0 Å². The van der Waals surface area contributed by atoms with Crippen molar-refractivity contribution in [3.05, 3.63) is 23.8 Å². The second-order valence-electron chi connectivity index (χ2n) is 4.53. The molecule has 1 aromatic rings. The maximum absolute atomic E-state index is 12.5. The average Bonchev–Trinajstić information content (AvgIpc) is 2.37. The Morgan fingerprint density at radius 3 is 2.63 bits per heavy atom. The molecule has 0 amide bonds. The molecule has 0 fully saturated rings. The fourth-order valence-electron chi connectivity index (χ4n) is 1.85. The summed E-state index contributed by atoms with van der Waals surface area (Å²) in [5.41, 5.74) is 6.02. The lowest BCUT2D eigenvalue weighted by atomic mass is 10.2. The quantitative estimate of drug-likeness (QED) is 0.836. The molecular formula is C13H19N3O2S. The van der Waals surface area contributed by atoms with Crippen molar-refractivity contribution in [2.75, 3.05) is 12.8 Å². The summed E-state index contributed by atoms with van der Waals surface area (Å²) in [6, 6.07) is 6.03. The molecule has 0 aromatic heterocycles. The first-order valence-corrected chi connectivity index (χ1v) is 7.56. The van der Waals surface area contributed by atoms with Gasteiger partial charge in [-0.05, 0) is 31.5 Å². The lowest BCUT2D eigenvalue weighted by Crippen LogP contribution is -2.35. The molecule has 104 valence electrons. The Morgan fingerprint density at radius 2 is 2.11 bits per heavy atom. The monoisotopic (exact) mass is 281 g/mol. The molecule has 5 nitrogen and oxygen atoms in total. The van der Waals surface area contributed by atoms with Gasteiger partial charge in [0.2, 0.25) is 10.0 Å². The van der Waals surface area contributed by atoms with E-state index in [1.165, 1.54) is 29.6 Å². The van der Waals surface area contributed by atoms with Crippen LogP contribution in [-0.4, -0.2) is 25.8 Å². The van der Waals surface area contributed by atoms with Crippen molar-refractivity contribution in [1.82, 2.24) is 4.31 Å². The number of hydrogen-bond donors (Lipinski definition) is 1. The molecule has 0 saturated carbocycles. The highest BCUT2D eigenvalue weighted by atomic mass is 32.2. The van der Waals surface area contributed by atoms with E-state index in [0.29, 0.717) is 5.69 Å². The average molecular weight is 281 g/mol. The van der Waals surface area contributed by atoms with Crippen LogP contribution in [0, 0.1) is 11.3 Å². The number of rotatable bonds is 5. The standard InChI is InChI=1S/C13H19N3O2S/c1-4-5-10(2)16(3)19(17,18)13-7-6-12(15)8-11(13)9-14/h6-8,10H,4-5,15H2,1-3H3. The molecule has 1 aromatic carbocycles. The van der Waals surface area contributed by atoms with E-state index < -0.39 is 10.0 Å². The summed E-state index contributed by atoms with van der Waals surface area (Å²) in [6.45, 7) is 3.85. The van der Waals surface area contributed by atoms with Gasteiger partial charge in [0.1, 0.15) is 11.0 Å². The van der Waals surface area contributed by atoms with Gasteiger partial charge in [-0.15, -0.1) is 0 Å². The minimum absolute atomic E-state index is 0.00894. The van der Waals surface area contributed by atoms with Gasteiger partial charge in [-0.2, -0.15) is 9.57 Å². The van der Waals surface area contributed by atoms with Gasteiger partial charge in [-0.1, -0.05) is 13.3 Å². The number of anilines is 1. The summed E-state index contributed by atoms with van der Waals surface area (Å²) in [6.07, 6.45) is 1.67. The highest BCUT2D eigenvalue weighted by Gasteiger charge is 2.27. The zero-order chi connectivity index (χ0) is 14.6. The first-order chi connectivity index (χ1) is 8.84. The molecule has 1 unspecified atom stereocenters. The molecule has 0 heterocycles. The highest BCUT2D eigenvalue weighted by Crippen LogP contribution is 2.23. The van der Waals surface area contributed by atoms with Crippen LogP contribution in [0.25, 0.3) is 0 Å². The van der Waals surface area contributed by atoms with Gasteiger partial charge in [0.15, 0.2) is 0 Å². The lowest BCUT2D eigenvalue weighted by molar-refractivity contribution is 0.368. The first kappa shape index (κ1) is 15.5. The summed E-state index contributed by atoms with van der Waals surface area (Å²) in [5.74, 6) is 0. The van der Waals surface area contributed by atoms with E-state index in [9.17, 15) is 8.42 Å². The number of nitriles is 1. The van der Waals surface area contributed by atoms with Crippen molar-refractivity contribution in [3.63, 3.8) is 0 Å². The summed E-state index contributed by atoms with van der Waals surface area (Å²) in [5, 5.41) is 9.04. The molecule has 0 aliphatic carbocycles. The molecule has 19 heavy (non-hydrogen) atoms. The molecule has 6 heteroatoms. The Bertz CT molecular complexity index is 590. The van der Waals surface area contributed by atoms with Crippen LogP contribution >= 0.6 is 0 Å².